The minimum absolute atomic E-state index is 0.650. The lowest BCUT2D eigenvalue weighted by atomic mass is 9.80. The number of aryl methyl sites for hydroxylation is 1. The van der Waals surface area contributed by atoms with Gasteiger partial charge in [-0.2, -0.15) is 0 Å². The zero-order chi connectivity index (χ0) is 13.8. The largest absolute Gasteiger partial charge is 0.314 e. The van der Waals surface area contributed by atoms with E-state index in [1.54, 1.807) is 5.56 Å². The fourth-order valence-corrected chi connectivity index (χ4v) is 4.05. The molecule has 0 amide bonds. The van der Waals surface area contributed by atoms with Gasteiger partial charge in [-0.15, -0.1) is 0 Å². The number of nitrogens with zero attached hydrogens (tertiary/aromatic N) is 1. The Morgan fingerprint density at radius 2 is 1.85 bits per heavy atom. The molecule has 3 rings (SSSR count). The molecule has 1 aliphatic heterocycles. The maximum absolute atomic E-state index is 3.49. The van der Waals surface area contributed by atoms with Gasteiger partial charge in [0.2, 0.25) is 0 Å². The van der Waals surface area contributed by atoms with Crippen LogP contribution in [0.25, 0.3) is 0 Å². The van der Waals surface area contributed by atoms with Crippen LogP contribution in [0.3, 0.4) is 0 Å². The molecule has 0 spiro atoms. The van der Waals surface area contributed by atoms with E-state index in [1.807, 2.05) is 0 Å². The molecule has 1 aromatic rings. The molecule has 1 aromatic carbocycles. The second kappa shape index (κ2) is 6.73. The number of hydrogen-bond donors (Lipinski definition) is 1. The Kier molecular flexibility index (Phi) is 4.74. The van der Waals surface area contributed by atoms with E-state index in [0.717, 1.165) is 19.0 Å². The molecule has 2 heteroatoms. The van der Waals surface area contributed by atoms with Gasteiger partial charge in [-0.05, 0) is 31.2 Å². The summed E-state index contributed by atoms with van der Waals surface area (Å²) in [5.41, 5.74) is 2.96. The van der Waals surface area contributed by atoms with Crippen LogP contribution >= 0.6 is 0 Å². The van der Waals surface area contributed by atoms with E-state index in [1.165, 1.54) is 50.8 Å². The van der Waals surface area contributed by atoms with Gasteiger partial charge in [-0.25, -0.2) is 0 Å². The van der Waals surface area contributed by atoms with Gasteiger partial charge in [0.25, 0.3) is 0 Å². The lowest BCUT2D eigenvalue weighted by Crippen LogP contribution is -2.47. The highest BCUT2D eigenvalue weighted by molar-refractivity contribution is 5.26. The number of nitrogens with one attached hydrogen (secondary N) is 1. The number of piperazine rings is 1. The fourth-order valence-electron chi connectivity index (χ4n) is 4.05. The summed E-state index contributed by atoms with van der Waals surface area (Å²) >= 11 is 0. The van der Waals surface area contributed by atoms with Crippen molar-refractivity contribution in [1.29, 1.82) is 0 Å². The second-order valence-electron chi connectivity index (χ2n) is 6.54. The lowest BCUT2D eigenvalue weighted by molar-refractivity contribution is 0.103. The molecule has 1 N–H and O–H groups in total. The Balaban J connectivity index is 1.85. The van der Waals surface area contributed by atoms with Crippen LogP contribution in [0.4, 0.5) is 0 Å². The average molecular weight is 272 g/mol. The van der Waals surface area contributed by atoms with Crippen molar-refractivity contribution in [3.63, 3.8) is 0 Å². The van der Waals surface area contributed by atoms with Crippen LogP contribution in [-0.4, -0.2) is 31.1 Å². The second-order valence-corrected chi connectivity index (χ2v) is 6.54. The van der Waals surface area contributed by atoms with Crippen molar-refractivity contribution in [2.75, 3.05) is 26.2 Å². The molecule has 0 unspecified atom stereocenters. The Hall–Kier alpha value is -0.860. The molecule has 1 aliphatic carbocycles. The monoisotopic (exact) mass is 272 g/mol. The predicted molar refractivity (Wildman–Crippen MR) is 84.9 cm³/mol. The molecule has 0 radical (unpaired) electrons. The van der Waals surface area contributed by atoms with Crippen molar-refractivity contribution in [2.45, 2.75) is 45.1 Å². The van der Waals surface area contributed by atoms with E-state index in [2.05, 4.69) is 41.4 Å². The molecule has 2 nitrogen and oxygen atoms in total. The quantitative estimate of drug-likeness (QED) is 0.905. The summed E-state index contributed by atoms with van der Waals surface area (Å²) in [5, 5.41) is 3.49. The third-order valence-electron chi connectivity index (χ3n) is 5.02. The first-order valence-corrected chi connectivity index (χ1v) is 8.36. The zero-order valence-electron chi connectivity index (χ0n) is 12.8. The van der Waals surface area contributed by atoms with Gasteiger partial charge in [0.15, 0.2) is 0 Å². The van der Waals surface area contributed by atoms with Gasteiger partial charge >= 0.3 is 0 Å². The topological polar surface area (TPSA) is 15.3 Å². The molecule has 1 atom stereocenters. The van der Waals surface area contributed by atoms with Crippen LogP contribution in [0, 0.1) is 12.8 Å². The molecule has 2 aliphatic rings. The van der Waals surface area contributed by atoms with Crippen molar-refractivity contribution in [3.05, 3.63) is 35.4 Å². The highest BCUT2D eigenvalue weighted by Gasteiger charge is 2.30. The van der Waals surface area contributed by atoms with Crippen molar-refractivity contribution in [3.8, 4) is 0 Å². The molecule has 20 heavy (non-hydrogen) atoms. The minimum Gasteiger partial charge on any atom is -0.314 e. The molecule has 1 heterocycles. The van der Waals surface area contributed by atoms with Crippen molar-refractivity contribution in [2.24, 2.45) is 5.92 Å². The Labute approximate surface area is 123 Å². The third-order valence-corrected chi connectivity index (χ3v) is 5.02. The van der Waals surface area contributed by atoms with Crippen molar-refractivity contribution >= 4 is 0 Å². The van der Waals surface area contributed by atoms with Crippen LogP contribution in [0.2, 0.25) is 0 Å². The highest BCUT2D eigenvalue weighted by Crippen LogP contribution is 2.38. The molecule has 0 bridgehead atoms. The maximum Gasteiger partial charge on any atom is 0.0377 e. The van der Waals surface area contributed by atoms with Crippen molar-refractivity contribution < 1.29 is 0 Å². The smallest absolute Gasteiger partial charge is 0.0377 e. The van der Waals surface area contributed by atoms with E-state index >= 15 is 0 Å². The molecular formula is C18H28N2. The van der Waals surface area contributed by atoms with Crippen LogP contribution in [0.15, 0.2) is 24.3 Å². The van der Waals surface area contributed by atoms with E-state index in [4.69, 9.17) is 0 Å². The van der Waals surface area contributed by atoms with Gasteiger partial charge in [-0.3, -0.25) is 4.90 Å². The first-order chi connectivity index (χ1) is 9.84. The lowest BCUT2D eigenvalue weighted by Gasteiger charge is -2.41. The predicted octanol–water partition coefficient (Wildman–Crippen LogP) is 3.52. The van der Waals surface area contributed by atoms with Crippen LogP contribution in [0.1, 0.15) is 49.3 Å². The standard InChI is InChI=1S/C18H28N2/c1-15-6-5-9-17(14-15)18(16-7-3-2-4-8-16)20-12-10-19-11-13-20/h5-6,9,14,16,18-19H,2-4,7-8,10-13H2,1H3/t18-/m0/s1. The molecule has 1 saturated heterocycles. The summed E-state index contributed by atoms with van der Waals surface area (Å²) < 4.78 is 0. The molecule has 0 aromatic heterocycles. The van der Waals surface area contributed by atoms with Crippen molar-refractivity contribution in [1.82, 2.24) is 10.2 Å². The van der Waals surface area contributed by atoms with Gasteiger partial charge in [-0.1, -0.05) is 49.1 Å². The van der Waals surface area contributed by atoms with E-state index in [9.17, 15) is 0 Å². The SMILES string of the molecule is Cc1cccc([C@H](C2CCCCC2)N2CCNCC2)c1. The van der Waals surface area contributed by atoms with E-state index in [-0.39, 0.29) is 0 Å². The van der Waals surface area contributed by atoms with Crippen LogP contribution in [-0.2, 0) is 0 Å². The molecule has 1 saturated carbocycles. The Morgan fingerprint density at radius 3 is 2.55 bits per heavy atom. The fraction of sp³-hybridized carbons (Fsp3) is 0.667. The van der Waals surface area contributed by atoms with Gasteiger partial charge < -0.3 is 5.32 Å². The summed E-state index contributed by atoms with van der Waals surface area (Å²) in [5.74, 6) is 0.864. The van der Waals surface area contributed by atoms with Gasteiger partial charge in [0.05, 0.1) is 0 Å². The summed E-state index contributed by atoms with van der Waals surface area (Å²) in [6, 6.07) is 9.88. The summed E-state index contributed by atoms with van der Waals surface area (Å²) in [7, 11) is 0. The van der Waals surface area contributed by atoms with E-state index < -0.39 is 0 Å². The molecule has 2 fully saturated rings. The summed E-state index contributed by atoms with van der Waals surface area (Å²) in [6.45, 7) is 6.92. The van der Waals surface area contributed by atoms with Gasteiger partial charge in [0.1, 0.15) is 0 Å². The first kappa shape index (κ1) is 14.1. The van der Waals surface area contributed by atoms with Gasteiger partial charge in [0, 0.05) is 32.2 Å². The first-order valence-electron chi connectivity index (χ1n) is 8.36. The van der Waals surface area contributed by atoms with E-state index in [0.29, 0.717) is 6.04 Å². The summed E-state index contributed by atoms with van der Waals surface area (Å²) in [6.07, 6.45) is 7.14. The highest BCUT2D eigenvalue weighted by atomic mass is 15.2. The number of hydrogen-bond acceptors (Lipinski definition) is 2. The maximum atomic E-state index is 3.49. The third kappa shape index (κ3) is 3.24. The average Bonchev–Trinajstić information content (AvgIpc) is 2.50. The van der Waals surface area contributed by atoms with Crippen LogP contribution in [0.5, 0.6) is 0 Å². The molecular weight excluding hydrogens is 244 g/mol. The summed E-state index contributed by atoms with van der Waals surface area (Å²) in [4.78, 5) is 2.74. The number of rotatable bonds is 3. The molecule has 110 valence electrons. The zero-order valence-corrected chi connectivity index (χ0v) is 12.8. The Morgan fingerprint density at radius 1 is 1.10 bits per heavy atom. The van der Waals surface area contributed by atoms with Crippen LogP contribution < -0.4 is 5.32 Å². The number of benzene rings is 1. The minimum atomic E-state index is 0.650. The Bertz CT molecular complexity index is 399. The normalized spacial score (nSPS) is 23.6.